The summed E-state index contributed by atoms with van der Waals surface area (Å²) in [6.45, 7) is 1.91. The molecule has 3 aromatic carbocycles. The number of rotatable bonds is 7. The highest BCUT2D eigenvalue weighted by Gasteiger charge is 2.21. The Hall–Kier alpha value is -3.21. The van der Waals surface area contributed by atoms with Crippen LogP contribution in [-0.4, -0.2) is 26.2 Å². The van der Waals surface area contributed by atoms with Crippen LogP contribution >= 0.6 is 0 Å². The Balaban J connectivity index is 1.82. The summed E-state index contributed by atoms with van der Waals surface area (Å²) in [4.78, 5) is 12.8. The number of carbonyl (C=O) groups excluding carboxylic acids is 1. The van der Waals surface area contributed by atoms with E-state index in [9.17, 15) is 4.79 Å². The molecule has 0 heterocycles. The second-order valence-corrected chi connectivity index (χ2v) is 6.05. The predicted molar refractivity (Wildman–Crippen MR) is 107 cm³/mol. The van der Waals surface area contributed by atoms with Gasteiger partial charge < -0.3 is 19.5 Å². The molecule has 0 aliphatic rings. The van der Waals surface area contributed by atoms with Crippen LogP contribution in [0.4, 0.5) is 5.69 Å². The first-order valence-corrected chi connectivity index (χ1v) is 8.83. The van der Waals surface area contributed by atoms with E-state index in [4.69, 9.17) is 14.2 Å². The zero-order valence-electron chi connectivity index (χ0n) is 15.7. The fraction of sp³-hybridized carbons (Fsp3) is 0.227. The molecule has 0 spiro atoms. The maximum atomic E-state index is 12.8. The first-order valence-electron chi connectivity index (χ1n) is 8.83. The van der Waals surface area contributed by atoms with Crippen LogP contribution in [0, 0.1) is 0 Å². The molecule has 0 aliphatic carbocycles. The number of hydrogen-bond donors (Lipinski definition) is 1. The van der Waals surface area contributed by atoms with Gasteiger partial charge in [0.2, 0.25) is 0 Å². The first kappa shape index (κ1) is 18.6. The lowest BCUT2D eigenvalue weighted by Crippen LogP contribution is -2.32. The van der Waals surface area contributed by atoms with E-state index in [1.165, 1.54) is 0 Å². The van der Waals surface area contributed by atoms with Gasteiger partial charge in [-0.3, -0.25) is 4.79 Å². The summed E-state index contributed by atoms with van der Waals surface area (Å²) in [6, 6.07) is 19.0. The monoisotopic (exact) mass is 365 g/mol. The highest BCUT2D eigenvalue weighted by molar-refractivity contribution is 5.96. The van der Waals surface area contributed by atoms with E-state index in [1.807, 2.05) is 49.4 Å². The molecule has 1 atom stereocenters. The molecule has 1 N–H and O–H groups in total. The van der Waals surface area contributed by atoms with Crippen molar-refractivity contribution in [3.05, 3.63) is 60.7 Å². The third kappa shape index (κ3) is 4.14. The minimum absolute atomic E-state index is 0.239. The van der Waals surface area contributed by atoms with E-state index < -0.39 is 6.10 Å². The van der Waals surface area contributed by atoms with Gasteiger partial charge in [0.1, 0.15) is 17.2 Å². The summed E-state index contributed by atoms with van der Waals surface area (Å²) in [7, 11) is 3.13. The molecule has 0 aliphatic heterocycles. The second-order valence-electron chi connectivity index (χ2n) is 6.05. The molecule has 3 aromatic rings. The Bertz CT molecular complexity index is 933. The zero-order chi connectivity index (χ0) is 19.2. The quantitative estimate of drug-likeness (QED) is 0.662. The van der Waals surface area contributed by atoms with Crippen LogP contribution in [0.15, 0.2) is 60.7 Å². The summed E-state index contributed by atoms with van der Waals surface area (Å²) >= 11 is 0. The minimum Gasteiger partial charge on any atom is -0.497 e. The predicted octanol–water partition coefficient (Wildman–Crippen LogP) is 4.65. The maximum Gasteiger partial charge on any atom is 0.265 e. The van der Waals surface area contributed by atoms with Gasteiger partial charge in [0, 0.05) is 11.5 Å². The van der Waals surface area contributed by atoms with Crippen molar-refractivity contribution in [1.29, 1.82) is 0 Å². The summed E-state index contributed by atoms with van der Waals surface area (Å²) in [5, 5.41) is 4.93. The second kappa shape index (κ2) is 8.45. The van der Waals surface area contributed by atoms with E-state index in [-0.39, 0.29) is 5.91 Å². The Morgan fingerprint density at radius 3 is 2.48 bits per heavy atom. The van der Waals surface area contributed by atoms with Gasteiger partial charge >= 0.3 is 0 Å². The van der Waals surface area contributed by atoms with Gasteiger partial charge in [-0.25, -0.2) is 0 Å². The molecule has 5 heteroatoms. The molecule has 0 bridgehead atoms. The van der Waals surface area contributed by atoms with Gasteiger partial charge in [0.05, 0.1) is 19.9 Å². The number of amides is 1. The van der Waals surface area contributed by atoms with Crippen molar-refractivity contribution < 1.29 is 19.0 Å². The van der Waals surface area contributed by atoms with Gasteiger partial charge in [-0.2, -0.15) is 0 Å². The number of hydrogen-bond acceptors (Lipinski definition) is 4. The first-order chi connectivity index (χ1) is 13.2. The van der Waals surface area contributed by atoms with Gasteiger partial charge in [0.25, 0.3) is 5.91 Å². The SMILES string of the molecule is CC[C@H](Oc1cccc2ccccc12)C(=O)Nc1cc(OC)ccc1OC. The van der Waals surface area contributed by atoms with Crippen molar-refractivity contribution in [3.8, 4) is 17.2 Å². The lowest BCUT2D eigenvalue weighted by Gasteiger charge is -2.19. The van der Waals surface area contributed by atoms with E-state index in [1.54, 1.807) is 32.4 Å². The van der Waals surface area contributed by atoms with Crippen molar-refractivity contribution in [1.82, 2.24) is 0 Å². The fourth-order valence-electron chi connectivity index (χ4n) is 2.90. The van der Waals surface area contributed by atoms with Crippen molar-refractivity contribution in [3.63, 3.8) is 0 Å². The van der Waals surface area contributed by atoms with Crippen molar-refractivity contribution >= 4 is 22.4 Å². The van der Waals surface area contributed by atoms with E-state index in [2.05, 4.69) is 5.32 Å². The molecule has 0 saturated heterocycles. The largest absolute Gasteiger partial charge is 0.497 e. The number of methoxy groups -OCH3 is 2. The van der Waals surface area contributed by atoms with Crippen LogP contribution in [0.5, 0.6) is 17.2 Å². The van der Waals surface area contributed by atoms with E-state index in [0.29, 0.717) is 29.4 Å². The van der Waals surface area contributed by atoms with Crippen LogP contribution in [0.25, 0.3) is 10.8 Å². The van der Waals surface area contributed by atoms with Crippen LogP contribution in [0.3, 0.4) is 0 Å². The number of anilines is 1. The molecule has 0 unspecified atom stereocenters. The number of benzene rings is 3. The summed E-state index contributed by atoms with van der Waals surface area (Å²) < 4.78 is 16.6. The van der Waals surface area contributed by atoms with Crippen molar-refractivity contribution in [2.24, 2.45) is 0 Å². The van der Waals surface area contributed by atoms with Crippen molar-refractivity contribution in [2.45, 2.75) is 19.4 Å². The molecule has 140 valence electrons. The average Bonchev–Trinajstić information content (AvgIpc) is 2.71. The van der Waals surface area contributed by atoms with Crippen LogP contribution in [-0.2, 0) is 4.79 Å². The number of ether oxygens (including phenoxy) is 3. The molecule has 0 radical (unpaired) electrons. The molecule has 0 fully saturated rings. The minimum atomic E-state index is -0.633. The molecular weight excluding hydrogens is 342 g/mol. The Morgan fingerprint density at radius 2 is 1.74 bits per heavy atom. The third-order valence-electron chi connectivity index (χ3n) is 4.35. The molecule has 0 aromatic heterocycles. The molecule has 3 rings (SSSR count). The van der Waals surface area contributed by atoms with E-state index >= 15 is 0 Å². The van der Waals surface area contributed by atoms with Crippen LogP contribution in [0.2, 0.25) is 0 Å². The fourth-order valence-corrected chi connectivity index (χ4v) is 2.90. The molecule has 5 nitrogen and oxygen atoms in total. The molecule has 0 saturated carbocycles. The number of nitrogens with one attached hydrogen (secondary N) is 1. The molecule has 27 heavy (non-hydrogen) atoms. The maximum absolute atomic E-state index is 12.8. The molecular formula is C22H23NO4. The van der Waals surface area contributed by atoms with Crippen LogP contribution in [0.1, 0.15) is 13.3 Å². The Kier molecular flexibility index (Phi) is 5.81. The van der Waals surface area contributed by atoms with Gasteiger partial charge in [-0.05, 0) is 30.0 Å². The standard InChI is InChI=1S/C22H23NO4/c1-4-19(27-20-11-7-9-15-8-5-6-10-17(15)20)22(24)23-18-14-16(25-2)12-13-21(18)26-3/h5-14,19H,4H2,1-3H3,(H,23,24)/t19-/m0/s1. The topological polar surface area (TPSA) is 56.8 Å². The van der Waals surface area contributed by atoms with Crippen molar-refractivity contribution in [2.75, 3.05) is 19.5 Å². The van der Waals surface area contributed by atoms with Crippen LogP contribution < -0.4 is 19.5 Å². The smallest absolute Gasteiger partial charge is 0.265 e. The van der Waals surface area contributed by atoms with Gasteiger partial charge in [-0.15, -0.1) is 0 Å². The summed E-state index contributed by atoms with van der Waals surface area (Å²) in [5.41, 5.74) is 0.543. The number of carbonyl (C=O) groups is 1. The Labute approximate surface area is 158 Å². The van der Waals surface area contributed by atoms with Gasteiger partial charge in [0.15, 0.2) is 6.10 Å². The molecule has 1 amide bonds. The summed E-state index contributed by atoms with van der Waals surface area (Å²) in [5.74, 6) is 1.64. The zero-order valence-corrected chi connectivity index (χ0v) is 15.7. The average molecular weight is 365 g/mol. The highest BCUT2D eigenvalue weighted by Crippen LogP contribution is 2.30. The normalized spacial score (nSPS) is 11.7. The highest BCUT2D eigenvalue weighted by atomic mass is 16.5. The lowest BCUT2D eigenvalue weighted by molar-refractivity contribution is -0.122. The Morgan fingerprint density at radius 1 is 0.963 bits per heavy atom. The third-order valence-corrected chi connectivity index (χ3v) is 4.35. The summed E-state index contributed by atoms with van der Waals surface area (Å²) in [6.07, 6.45) is -0.104. The number of fused-ring (bicyclic) bond motifs is 1. The van der Waals surface area contributed by atoms with E-state index in [0.717, 1.165) is 10.8 Å². The lowest BCUT2D eigenvalue weighted by atomic mass is 10.1. The van der Waals surface area contributed by atoms with Gasteiger partial charge in [-0.1, -0.05) is 43.3 Å².